The normalized spacial score (nSPS) is 13.9. The molecule has 0 aliphatic rings. The number of hydrogen-bond acceptors (Lipinski definition) is 3. The van der Waals surface area contributed by atoms with E-state index in [1.54, 1.807) is 0 Å². The predicted molar refractivity (Wildman–Crippen MR) is 59.5 cm³/mol. The third-order valence-electron chi connectivity index (χ3n) is 2.58. The number of carbonyl (C=O) groups is 2. The van der Waals surface area contributed by atoms with Crippen molar-refractivity contribution in [2.75, 3.05) is 7.11 Å². The average molecular weight is 221 g/mol. The number of primary amides is 1. The third-order valence-corrected chi connectivity index (χ3v) is 2.58. The van der Waals surface area contributed by atoms with Gasteiger partial charge in [0.15, 0.2) is 0 Å². The van der Waals surface area contributed by atoms with Crippen LogP contribution < -0.4 is 5.73 Å². The minimum absolute atomic E-state index is 0.246. The van der Waals surface area contributed by atoms with Gasteiger partial charge < -0.3 is 10.5 Å². The lowest BCUT2D eigenvalue weighted by Crippen LogP contribution is -2.43. The van der Waals surface area contributed by atoms with E-state index >= 15 is 0 Å². The Kier molecular flexibility index (Phi) is 3.66. The number of methoxy groups -OCH3 is 1. The van der Waals surface area contributed by atoms with Gasteiger partial charge in [-0.15, -0.1) is 0 Å². The van der Waals surface area contributed by atoms with Crippen LogP contribution in [-0.2, 0) is 20.7 Å². The average Bonchev–Trinajstić information content (AvgIpc) is 2.28. The second kappa shape index (κ2) is 4.79. The Labute approximate surface area is 94.4 Å². The molecule has 0 saturated heterocycles. The highest BCUT2D eigenvalue weighted by atomic mass is 16.5. The molecule has 0 radical (unpaired) electrons. The summed E-state index contributed by atoms with van der Waals surface area (Å²) in [5.74, 6) is -1.29. The summed E-state index contributed by atoms with van der Waals surface area (Å²) in [6.45, 7) is 1.49. The summed E-state index contributed by atoms with van der Waals surface area (Å²) in [6.07, 6.45) is 0.246. The number of carbonyl (C=O) groups excluding carboxylic acids is 2. The molecular weight excluding hydrogens is 206 g/mol. The first-order chi connectivity index (χ1) is 7.50. The summed E-state index contributed by atoms with van der Waals surface area (Å²) in [4.78, 5) is 22.9. The molecule has 0 aliphatic carbocycles. The topological polar surface area (TPSA) is 69.4 Å². The number of hydrogen-bond donors (Lipinski definition) is 1. The second-order valence-electron chi connectivity index (χ2n) is 3.85. The van der Waals surface area contributed by atoms with Gasteiger partial charge in [-0.1, -0.05) is 30.3 Å². The second-order valence-corrected chi connectivity index (χ2v) is 3.85. The first kappa shape index (κ1) is 12.2. The number of rotatable bonds is 4. The van der Waals surface area contributed by atoms with Crippen LogP contribution in [0.5, 0.6) is 0 Å². The fourth-order valence-corrected chi connectivity index (χ4v) is 1.49. The lowest BCUT2D eigenvalue weighted by Gasteiger charge is -2.22. The van der Waals surface area contributed by atoms with Gasteiger partial charge in [0.05, 0.1) is 7.11 Å². The summed E-state index contributed by atoms with van der Waals surface area (Å²) in [7, 11) is 1.24. The van der Waals surface area contributed by atoms with Crippen LogP contribution in [0, 0.1) is 5.41 Å². The summed E-state index contributed by atoms with van der Waals surface area (Å²) < 4.78 is 4.61. The van der Waals surface area contributed by atoms with Crippen molar-refractivity contribution in [3.63, 3.8) is 0 Å². The molecule has 0 bridgehead atoms. The Balaban J connectivity index is 2.97. The molecule has 16 heavy (non-hydrogen) atoms. The molecule has 0 aliphatic heterocycles. The van der Waals surface area contributed by atoms with Crippen LogP contribution in [0.25, 0.3) is 0 Å². The summed E-state index contributed by atoms with van der Waals surface area (Å²) in [6, 6.07) is 9.22. The minimum Gasteiger partial charge on any atom is -0.468 e. The standard InChI is InChI=1S/C12H15NO3/c1-12(10(13)14,11(15)16-2)8-9-6-4-3-5-7-9/h3-7H,8H2,1-2H3,(H2,13,14)/t12-/m1/s1. The van der Waals surface area contributed by atoms with Gasteiger partial charge in [-0.3, -0.25) is 9.59 Å². The lowest BCUT2D eigenvalue weighted by molar-refractivity contribution is -0.156. The van der Waals surface area contributed by atoms with Gasteiger partial charge in [-0.2, -0.15) is 0 Å². The Morgan fingerprint density at radius 1 is 1.31 bits per heavy atom. The smallest absolute Gasteiger partial charge is 0.321 e. The molecule has 86 valence electrons. The van der Waals surface area contributed by atoms with Gasteiger partial charge in [0.2, 0.25) is 5.91 Å². The van der Waals surface area contributed by atoms with Crippen molar-refractivity contribution in [1.82, 2.24) is 0 Å². The van der Waals surface area contributed by atoms with E-state index in [4.69, 9.17) is 5.73 Å². The lowest BCUT2D eigenvalue weighted by atomic mass is 9.83. The molecule has 1 rings (SSSR count). The van der Waals surface area contributed by atoms with Crippen LogP contribution in [0.3, 0.4) is 0 Å². The fraction of sp³-hybridized carbons (Fsp3) is 0.333. The molecule has 1 aromatic carbocycles. The van der Waals surface area contributed by atoms with Crippen molar-refractivity contribution in [3.05, 3.63) is 35.9 Å². The van der Waals surface area contributed by atoms with Crippen LogP contribution in [0.4, 0.5) is 0 Å². The zero-order valence-corrected chi connectivity index (χ0v) is 9.40. The molecule has 4 nitrogen and oxygen atoms in total. The number of esters is 1. The monoisotopic (exact) mass is 221 g/mol. The van der Waals surface area contributed by atoms with Crippen molar-refractivity contribution < 1.29 is 14.3 Å². The zero-order chi connectivity index (χ0) is 12.2. The van der Waals surface area contributed by atoms with Crippen molar-refractivity contribution in [3.8, 4) is 0 Å². The maximum Gasteiger partial charge on any atom is 0.321 e. The van der Waals surface area contributed by atoms with Gasteiger partial charge in [0.1, 0.15) is 5.41 Å². The molecule has 0 spiro atoms. The highest BCUT2D eigenvalue weighted by Gasteiger charge is 2.40. The SMILES string of the molecule is COC(=O)[C@](C)(Cc1ccccc1)C(N)=O. The maximum absolute atomic E-state index is 11.6. The Bertz CT molecular complexity index is 389. The van der Waals surface area contributed by atoms with Gasteiger partial charge in [0.25, 0.3) is 0 Å². The van der Waals surface area contributed by atoms with E-state index in [0.717, 1.165) is 5.56 Å². The Hall–Kier alpha value is -1.84. The highest BCUT2D eigenvalue weighted by Crippen LogP contribution is 2.23. The Morgan fingerprint density at radius 2 is 1.88 bits per heavy atom. The predicted octanol–water partition coefficient (Wildman–Crippen LogP) is 0.894. The van der Waals surface area contributed by atoms with Gasteiger partial charge >= 0.3 is 5.97 Å². The maximum atomic E-state index is 11.6. The van der Waals surface area contributed by atoms with Gasteiger partial charge in [0, 0.05) is 0 Å². The summed E-state index contributed by atoms with van der Waals surface area (Å²) in [5, 5.41) is 0. The number of ether oxygens (including phenoxy) is 1. The minimum atomic E-state index is -1.31. The Morgan fingerprint density at radius 3 is 2.31 bits per heavy atom. The molecular formula is C12H15NO3. The van der Waals surface area contributed by atoms with E-state index in [-0.39, 0.29) is 6.42 Å². The van der Waals surface area contributed by atoms with Crippen molar-refractivity contribution >= 4 is 11.9 Å². The zero-order valence-electron chi connectivity index (χ0n) is 9.40. The fourth-order valence-electron chi connectivity index (χ4n) is 1.49. The van der Waals surface area contributed by atoms with E-state index in [2.05, 4.69) is 4.74 Å². The molecule has 0 heterocycles. The van der Waals surface area contributed by atoms with Crippen LogP contribution in [-0.4, -0.2) is 19.0 Å². The van der Waals surface area contributed by atoms with E-state index in [1.807, 2.05) is 30.3 Å². The van der Waals surface area contributed by atoms with E-state index in [9.17, 15) is 9.59 Å². The van der Waals surface area contributed by atoms with Crippen molar-refractivity contribution in [1.29, 1.82) is 0 Å². The highest BCUT2D eigenvalue weighted by molar-refractivity contribution is 6.01. The first-order valence-corrected chi connectivity index (χ1v) is 4.93. The molecule has 0 aromatic heterocycles. The van der Waals surface area contributed by atoms with Crippen LogP contribution in [0.15, 0.2) is 30.3 Å². The third kappa shape index (κ3) is 2.39. The number of nitrogens with two attached hydrogens (primary N) is 1. The molecule has 0 saturated carbocycles. The number of benzene rings is 1. The van der Waals surface area contributed by atoms with E-state index in [0.29, 0.717) is 0 Å². The van der Waals surface area contributed by atoms with Crippen LogP contribution in [0.1, 0.15) is 12.5 Å². The van der Waals surface area contributed by atoms with Crippen molar-refractivity contribution in [2.45, 2.75) is 13.3 Å². The molecule has 2 N–H and O–H groups in total. The quantitative estimate of drug-likeness (QED) is 0.606. The van der Waals surface area contributed by atoms with Crippen LogP contribution >= 0.6 is 0 Å². The summed E-state index contributed by atoms with van der Waals surface area (Å²) >= 11 is 0. The molecule has 0 fully saturated rings. The molecule has 0 unspecified atom stereocenters. The first-order valence-electron chi connectivity index (χ1n) is 4.93. The van der Waals surface area contributed by atoms with Crippen LogP contribution in [0.2, 0.25) is 0 Å². The molecule has 1 aromatic rings. The van der Waals surface area contributed by atoms with Gasteiger partial charge in [-0.25, -0.2) is 0 Å². The molecule has 4 heteroatoms. The van der Waals surface area contributed by atoms with E-state index < -0.39 is 17.3 Å². The van der Waals surface area contributed by atoms with E-state index in [1.165, 1.54) is 14.0 Å². The summed E-state index contributed by atoms with van der Waals surface area (Å²) in [5.41, 5.74) is 4.82. The molecule has 1 amide bonds. The van der Waals surface area contributed by atoms with Gasteiger partial charge in [-0.05, 0) is 18.9 Å². The van der Waals surface area contributed by atoms with Crippen molar-refractivity contribution in [2.24, 2.45) is 11.1 Å². The molecule has 1 atom stereocenters. The largest absolute Gasteiger partial charge is 0.468 e. The number of amides is 1.